The number of aromatic nitrogens is 3. The van der Waals surface area contributed by atoms with Crippen LogP contribution in [0.15, 0.2) is 12.1 Å². The monoisotopic (exact) mass is 247 g/mol. The standard InChI is InChI=1S/C9H5ClF3N3/c1-4-14-7(10)5-2-3-6(9(11,12)13)16-8(5)15-4/h2-3H,1H3. The van der Waals surface area contributed by atoms with Crippen LogP contribution in [0.3, 0.4) is 0 Å². The van der Waals surface area contributed by atoms with Crippen molar-refractivity contribution in [3.63, 3.8) is 0 Å². The van der Waals surface area contributed by atoms with Gasteiger partial charge in [-0.2, -0.15) is 13.2 Å². The zero-order valence-electron chi connectivity index (χ0n) is 8.01. The third-order valence-electron chi connectivity index (χ3n) is 1.92. The molecular formula is C9H5ClF3N3. The third-order valence-corrected chi connectivity index (χ3v) is 2.20. The number of alkyl halides is 3. The molecule has 0 radical (unpaired) electrons. The second kappa shape index (κ2) is 3.55. The average Bonchev–Trinajstić information content (AvgIpc) is 2.15. The fourth-order valence-electron chi connectivity index (χ4n) is 1.23. The van der Waals surface area contributed by atoms with Gasteiger partial charge in [0.15, 0.2) is 5.65 Å². The van der Waals surface area contributed by atoms with Crippen molar-refractivity contribution in [2.24, 2.45) is 0 Å². The van der Waals surface area contributed by atoms with Crippen molar-refractivity contribution in [1.29, 1.82) is 0 Å². The second-order valence-electron chi connectivity index (χ2n) is 3.13. The Bertz CT molecular complexity index is 553. The zero-order valence-corrected chi connectivity index (χ0v) is 8.76. The van der Waals surface area contributed by atoms with Crippen LogP contribution < -0.4 is 0 Å². The van der Waals surface area contributed by atoms with Gasteiger partial charge in [-0.3, -0.25) is 0 Å². The van der Waals surface area contributed by atoms with Gasteiger partial charge >= 0.3 is 6.18 Å². The Kier molecular flexibility index (Phi) is 2.46. The van der Waals surface area contributed by atoms with Gasteiger partial charge in [-0.15, -0.1) is 0 Å². The predicted molar refractivity (Wildman–Crippen MR) is 52.1 cm³/mol. The molecule has 2 heterocycles. The fraction of sp³-hybridized carbons (Fsp3) is 0.222. The Labute approximate surface area is 93.3 Å². The van der Waals surface area contributed by atoms with Crippen molar-refractivity contribution in [3.8, 4) is 0 Å². The Morgan fingerprint density at radius 1 is 1.12 bits per heavy atom. The highest BCUT2D eigenvalue weighted by atomic mass is 35.5. The molecule has 0 spiro atoms. The topological polar surface area (TPSA) is 38.7 Å². The van der Waals surface area contributed by atoms with Crippen LogP contribution in [0.1, 0.15) is 11.5 Å². The van der Waals surface area contributed by atoms with E-state index in [2.05, 4.69) is 15.0 Å². The van der Waals surface area contributed by atoms with Crippen LogP contribution in [0.2, 0.25) is 5.15 Å². The van der Waals surface area contributed by atoms with Crippen LogP contribution in [-0.4, -0.2) is 15.0 Å². The molecule has 2 rings (SSSR count). The molecule has 0 unspecified atom stereocenters. The number of hydrogen-bond donors (Lipinski definition) is 0. The average molecular weight is 248 g/mol. The van der Waals surface area contributed by atoms with Gasteiger partial charge in [0, 0.05) is 0 Å². The number of aryl methyl sites for hydroxylation is 1. The van der Waals surface area contributed by atoms with E-state index in [9.17, 15) is 13.2 Å². The molecule has 0 amide bonds. The van der Waals surface area contributed by atoms with Crippen molar-refractivity contribution in [2.45, 2.75) is 13.1 Å². The minimum atomic E-state index is -4.49. The summed E-state index contributed by atoms with van der Waals surface area (Å²) in [6, 6.07) is 2.07. The molecule has 0 saturated heterocycles. The molecule has 0 atom stereocenters. The van der Waals surface area contributed by atoms with E-state index in [1.807, 2.05) is 0 Å². The molecule has 0 aliphatic carbocycles. The molecule has 2 aromatic rings. The van der Waals surface area contributed by atoms with E-state index < -0.39 is 11.9 Å². The van der Waals surface area contributed by atoms with Gasteiger partial charge in [-0.1, -0.05) is 11.6 Å². The smallest absolute Gasteiger partial charge is 0.223 e. The summed E-state index contributed by atoms with van der Waals surface area (Å²) in [5, 5.41) is 0.406. The molecule has 0 saturated carbocycles. The number of rotatable bonds is 0. The van der Waals surface area contributed by atoms with Crippen LogP contribution in [0.4, 0.5) is 13.2 Å². The van der Waals surface area contributed by atoms with Crippen molar-refractivity contribution < 1.29 is 13.2 Å². The quantitative estimate of drug-likeness (QED) is 0.672. The third kappa shape index (κ3) is 1.92. The van der Waals surface area contributed by atoms with Gasteiger partial charge in [-0.25, -0.2) is 15.0 Å². The lowest BCUT2D eigenvalue weighted by Gasteiger charge is -2.06. The van der Waals surface area contributed by atoms with Crippen LogP contribution in [0.5, 0.6) is 0 Å². The largest absolute Gasteiger partial charge is 0.433 e. The van der Waals surface area contributed by atoms with Gasteiger partial charge < -0.3 is 0 Å². The fourth-order valence-corrected chi connectivity index (χ4v) is 1.50. The van der Waals surface area contributed by atoms with Gasteiger partial charge in [0.1, 0.15) is 16.7 Å². The zero-order chi connectivity index (χ0) is 11.9. The molecule has 3 nitrogen and oxygen atoms in total. The maximum Gasteiger partial charge on any atom is 0.433 e. The normalized spacial score (nSPS) is 12.1. The van der Waals surface area contributed by atoms with Gasteiger partial charge in [-0.05, 0) is 19.1 Å². The van der Waals surface area contributed by atoms with Gasteiger partial charge in [0.05, 0.1) is 5.39 Å². The van der Waals surface area contributed by atoms with Crippen LogP contribution in [-0.2, 0) is 6.18 Å². The molecular weight excluding hydrogens is 243 g/mol. The van der Waals surface area contributed by atoms with E-state index in [1.165, 1.54) is 13.0 Å². The molecule has 0 aliphatic rings. The molecule has 0 N–H and O–H groups in total. The van der Waals surface area contributed by atoms with E-state index in [0.717, 1.165) is 6.07 Å². The van der Waals surface area contributed by atoms with Gasteiger partial charge in [0.2, 0.25) is 0 Å². The van der Waals surface area contributed by atoms with Crippen LogP contribution in [0, 0.1) is 6.92 Å². The summed E-state index contributed by atoms with van der Waals surface area (Å²) in [6.07, 6.45) is -4.49. The molecule has 16 heavy (non-hydrogen) atoms. The summed E-state index contributed by atoms with van der Waals surface area (Å²) in [5.41, 5.74) is -1.04. The molecule has 0 bridgehead atoms. The number of pyridine rings is 1. The number of fused-ring (bicyclic) bond motifs is 1. The summed E-state index contributed by atoms with van der Waals surface area (Å²) in [6.45, 7) is 1.53. The maximum atomic E-state index is 12.4. The number of hydrogen-bond acceptors (Lipinski definition) is 3. The first kappa shape index (κ1) is 11.1. The van der Waals surface area contributed by atoms with Crippen molar-refractivity contribution in [1.82, 2.24) is 15.0 Å². The first-order chi connectivity index (χ1) is 7.38. The van der Waals surface area contributed by atoms with E-state index in [4.69, 9.17) is 11.6 Å². The van der Waals surface area contributed by atoms with Crippen molar-refractivity contribution >= 4 is 22.6 Å². The van der Waals surface area contributed by atoms with E-state index in [0.29, 0.717) is 5.39 Å². The minimum Gasteiger partial charge on any atom is -0.223 e. The molecule has 7 heteroatoms. The summed E-state index contributed by atoms with van der Waals surface area (Å²) < 4.78 is 37.1. The lowest BCUT2D eigenvalue weighted by Crippen LogP contribution is -2.08. The Morgan fingerprint density at radius 3 is 2.44 bits per heavy atom. The van der Waals surface area contributed by atoms with Crippen molar-refractivity contribution in [2.75, 3.05) is 0 Å². The lowest BCUT2D eigenvalue weighted by atomic mass is 10.3. The van der Waals surface area contributed by atoms with E-state index in [-0.39, 0.29) is 16.6 Å². The number of halogens is 4. The van der Waals surface area contributed by atoms with Crippen molar-refractivity contribution in [3.05, 3.63) is 28.8 Å². The van der Waals surface area contributed by atoms with E-state index >= 15 is 0 Å². The Balaban J connectivity index is 2.71. The highest BCUT2D eigenvalue weighted by Gasteiger charge is 2.32. The summed E-state index contributed by atoms with van der Waals surface area (Å²) >= 11 is 5.76. The second-order valence-corrected chi connectivity index (χ2v) is 3.49. The molecule has 84 valence electrons. The van der Waals surface area contributed by atoms with Crippen LogP contribution in [0.25, 0.3) is 11.0 Å². The van der Waals surface area contributed by atoms with E-state index in [1.54, 1.807) is 0 Å². The highest BCUT2D eigenvalue weighted by Crippen LogP contribution is 2.29. The Morgan fingerprint density at radius 2 is 1.81 bits per heavy atom. The van der Waals surface area contributed by atoms with Crippen LogP contribution >= 0.6 is 11.6 Å². The van der Waals surface area contributed by atoms with Gasteiger partial charge in [0.25, 0.3) is 0 Å². The highest BCUT2D eigenvalue weighted by molar-refractivity contribution is 6.33. The minimum absolute atomic E-state index is 0.0488. The molecule has 0 fully saturated rings. The maximum absolute atomic E-state index is 12.4. The molecule has 0 aromatic carbocycles. The number of nitrogens with zero attached hydrogens (tertiary/aromatic N) is 3. The molecule has 0 aliphatic heterocycles. The lowest BCUT2D eigenvalue weighted by molar-refractivity contribution is -0.141. The predicted octanol–water partition coefficient (Wildman–Crippen LogP) is 3.01. The first-order valence-corrected chi connectivity index (χ1v) is 4.64. The summed E-state index contributed by atoms with van der Waals surface area (Å²) in [4.78, 5) is 11.0. The first-order valence-electron chi connectivity index (χ1n) is 4.26. The molecule has 2 aromatic heterocycles. The summed E-state index contributed by atoms with van der Waals surface area (Å²) in [7, 11) is 0. The SMILES string of the molecule is Cc1nc(Cl)c2ccc(C(F)(F)F)nc2n1. The summed E-state index contributed by atoms with van der Waals surface area (Å²) in [5.74, 6) is 0.282. The Hall–Kier alpha value is -1.43.